The van der Waals surface area contributed by atoms with Crippen LogP contribution in [0.4, 0.5) is 11.4 Å². The molecule has 2 aromatic rings. The molecule has 1 aromatic heterocycles. The van der Waals surface area contributed by atoms with Crippen molar-refractivity contribution in [3.05, 3.63) is 53.3 Å². The summed E-state index contributed by atoms with van der Waals surface area (Å²) in [5, 5.41) is 3.35. The highest BCUT2D eigenvalue weighted by atomic mass is 14.9. The summed E-state index contributed by atoms with van der Waals surface area (Å²) in [6.07, 6.45) is 1.81. The zero-order valence-electron chi connectivity index (χ0n) is 10.2. The topological polar surface area (TPSA) is 50.9 Å². The van der Waals surface area contributed by atoms with Gasteiger partial charge in [0.2, 0.25) is 0 Å². The maximum Gasteiger partial charge on any atom is 0.0623 e. The van der Waals surface area contributed by atoms with Crippen molar-refractivity contribution in [1.82, 2.24) is 4.98 Å². The van der Waals surface area contributed by atoms with E-state index in [4.69, 9.17) is 5.73 Å². The minimum atomic E-state index is 0.696. The van der Waals surface area contributed by atoms with Crippen LogP contribution in [0.1, 0.15) is 16.8 Å². The zero-order chi connectivity index (χ0) is 12.3. The maximum atomic E-state index is 5.94. The van der Waals surface area contributed by atoms with E-state index in [1.807, 2.05) is 37.4 Å². The lowest BCUT2D eigenvalue weighted by Crippen LogP contribution is -2.06. The summed E-state index contributed by atoms with van der Waals surface area (Å²) in [5.74, 6) is 0. The third kappa shape index (κ3) is 2.56. The van der Waals surface area contributed by atoms with Crippen molar-refractivity contribution < 1.29 is 0 Å². The van der Waals surface area contributed by atoms with Gasteiger partial charge in [-0.2, -0.15) is 0 Å². The Labute approximate surface area is 102 Å². The molecule has 0 amide bonds. The number of anilines is 2. The van der Waals surface area contributed by atoms with Crippen LogP contribution in [-0.4, -0.2) is 4.98 Å². The molecule has 0 bridgehead atoms. The van der Waals surface area contributed by atoms with Crippen molar-refractivity contribution in [3.63, 3.8) is 0 Å². The first-order valence-electron chi connectivity index (χ1n) is 5.68. The molecule has 3 N–H and O–H groups in total. The summed E-state index contributed by atoms with van der Waals surface area (Å²) in [5.41, 5.74) is 11.1. The molecular weight excluding hydrogens is 210 g/mol. The van der Waals surface area contributed by atoms with Crippen LogP contribution in [-0.2, 0) is 6.54 Å². The Bertz CT molecular complexity index is 500. The third-order valence-electron chi connectivity index (χ3n) is 2.86. The number of hydrogen-bond donors (Lipinski definition) is 2. The Morgan fingerprint density at radius 2 is 1.88 bits per heavy atom. The van der Waals surface area contributed by atoms with Gasteiger partial charge < -0.3 is 11.1 Å². The molecule has 0 aliphatic heterocycles. The second-order valence-electron chi connectivity index (χ2n) is 4.16. The van der Waals surface area contributed by atoms with Gasteiger partial charge in [0, 0.05) is 6.20 Å². The van der Waals surface area contributed by atoms with Crippen molar-refractivity contribution in [2.24, 2.45) is 0 Å². The summed E-state index contributed by atoms with van der Waals surface area (Å²) in [7, 11) is 0. The summed E-state index contributed by atoms with van der Waals surface area (Å²) in [4.78, 5) is 4.35. The Kier molecular flexibility index (Phi) is 3.28. The van der Waals surface area contributed by atoms with E-state index >= 15 is 0 Å². The second-order valence-corrected chi connectivity index (χ2v) is 4.16. The fourth-order valence-corrected chi connectivity index (χ4v) is 1.81. The molecule has 1 aromatic carbocycles. The standard InChI is InChI=1S/C14H17N3/c1-10-6-4-8-16-13(10)9-17-14-11(2)5-3-7-12(14)15/h3-8,17H,9,15H2,1-2H3. The number of nitrogens with two attached hydrogens (primary N) is 1. The highest BCUT2D eigenvalue weighted by molar-refractivity contribution is 5.69. The van der Waals surface area contributed by atoms with Gasteiger partial charge in [-0.05, 0) is 37.1 Å². The van der Waals surface area contributed by atoms with E-state index in [0.29, 0.717) is 6.54 Å². The van der Waals surface area contributed by atoms with Crippen LogP contribution >= 0.6 is 0 Å². The Balaban J connectivity index is 2.16. The van der Waals surface area contributed by atoms with Crippen LogP contribution in [0.5, 0.6) is 0 Å². The highest BCUT2D eigenvalue weighted by Gasteiger charge is 2.03. The fourth-order valence-electron chi connectivity index (χ4n) is 1.81. The number of aryl methyl sites for hydroxylation is 2. The number of nitrogens with zero attached hydrogens (tertiary/aromatic N) is 1. The summed E-state index contributed by atoms with van der Waals surface area (Å²) in [6.45, 7) is 4.80. The van der Waals surface area contributed by atoms with Gasteiger partial charge in [-0.25, -0.2) is 0 Å². The number of nitrogen functional groups attached to an aromatic ring is 1. The normalized spacial score (nSPS) is 10.2. The lowest BCUT2D eigenvalue weighted by molar-refractivity contribution is 1.02. The first kappa shape index (κ1) is 11.5. The molecule has 0 aliphatic rings. The van der Waals surface area contributed by atoms with Crippen molar-refractivity contribution in [2.75, 3.05) is 11.1 Å². The third-order valence-corrected chi connectivity index (χ3v) is 2.86. The number of pyridine rings is 1. The molecule has 3 nitrogen and oxygen atoms in total. The van der Waals surface area contributed by atoms with E-state index < -0.39 is 0 Å². The average molecular weight is 227 g/mol. The largest absolute Gasteiger partial charge is 0.397 e. The number of para-hydroxylation sites is 1. The maximum absolute atomic E-state index is 5.94. The van der Waals surface area contributed by atoms with Crippen LogP contribution in [0.25, 0.3) is 0 Å². The van der Waals surface area contributed by atoms with Gasteiger partial charge in [0.15, 0.2) is 0 Å². The van der Waals surface area contributed by atoms with Gasteiger partial charge in [-0.15, -0.1) is 0 Å². The number of benzene rings is 1. The molecule has 0 radical (unpaired) electrons. The van der Waals surface area contributed by atoms with Gasteiger partial charge in [-0.1, -0.05) is 18.2 Å². The first-order valence-corrected chi connectivity index (χ1v) is 5.68. The molecule has 3 heteroatoms. The van der Waals surface area contributed by atoms with E-state index in [9.17, 15) is 0 Å². The van der Waals surface area contributed by atoms with Crippen molar-refractivity contribution in [1.29, 1.82) is 0 Å². The molecule has 17 heavy (non-hydrogen) atoms. The molecule has 1 heterocycles. The number of nitrogens with one attached hydrogen (secondary N) is 1. The first-order chi connectivity index (χ1) is 8.18. The monoisotopic (exact) mass is 227 g/mol. The van der Waals surface area contributed by atoms with Gasteiger partial charge in [0.25, 0.3) is 0 Å². The molecule has 0 saturated heterocycles. The summed E-state index contributed by atoms with van der Waals surface area (Å²) < 4.78 is 0. The number of hydrogen-bond acceptors (Lipinski definition) is 3. The van der Waals surface area contributed by atoms with E-state index in [2.05, 4.69) is 23.3 Å². The Morgan fingerprint density at radius 1 is 1.12 bits per heavy atom. The SMILES string of the molecule is Cc1cccnc1CNc1c(C)cccc1N. The lowest BCUT2D eigenvalue weighted by atomic mass is 10.1. The van der Waals surface area contributed by atoms with E-state index in [-0.39, 0.29) is 0 Å². The van der Waals surface area contributed by atoms with Gasteiger partial charge in [0.1, 0.15) is 0 Å². The van der Waals surface area contributed by atoms with Crippen LogP contribution < -0.4 is 11.1 Å². The van der Waals surface area contributed by atoms with Crippen molar-refractivity contribution in [2.45, 2.75) is 20.4 Å². The molecule has 2 rings (SSSR count). The highest BCUT2D eigenvalue weighted by Crippen LogP contribution is 2.23. The molecule has 0 unspecified atom stereocenters. The summed E-state index contributed by atoms with van der Waals surface area (Å²) >= 11 is 0. The van der Waals surface area contributed by atoms with Crippen LogP contribution in [0.2, 0.25) is 0 Å². The van der Waals surface area contributed by atoms with Crippen LogP contribution in [0.15, 0.2) is 36.5 Å². The fraction of sp³-hybridized carbons (Fsp3) is 0.214. The predicted molar refractivity (Wildman–Crippen MR) is 71.9 cm³/mol. The molecular formula is C14H17N3. The zero-order valence-corrected chi connectivity index (χ0v) is 10.2. The predicted octanol–water partition coefficient (Wildman–Crippen LogP) is 2.89. The van der Waals surface area contributed by atoms with Crippen molar-refractivity contribution >= 4 is 11.4 Å². The van der Waals surface area contributed by atoms with E-state index in [1.165, 1.54) is 5.56 Å². The molecule has 0 saturated carbocycles. The van der Waals surface area contributed by atoms with Crippen LogP contribution in [0, 0.1) is 13.8 Å². The van der Waals surface area contributed by atoms with Gasteiger partial charge in [-0.3, -0.25) is 4.98 Å². The van der Waals surface area contributed by atoms with E-state index in [1.54, 1.807) is 0 Å². The molecule has 0 aliphatic carbocycles. The Morgan fingerprint density at radius 3 is 2.59 bits per heavy atom. The van der Waals surface area contributed by atoms with Crippen LogP contribution in [0.3, 0.4) is 0 Å². The lowest BCUT2D eigenvalue weighted by Gasteiger charge is -2.12. The number of rotatable bonds is 3. The van der Waals surface area contributed by atoms with Gasteiger partial charge in [0.05, 0.1) is 23.6 Å². The molecule has 0 spiro atoms. The quantitative estimate of drug-likeness (QED) is 0.793. The second kappa shape index (κ2) is 4.87. The van der Waals surface area contributed by atoms with E-state index in [0.717, 1.165) is 22.6 Å². The van der Waals surface area contributed by atoms with Crippen molar-refractivity contribution in [3.8, 4) is 0 Å². The molecule has 0 fully saturated rings. The van der Waals surface area contributed by atoms with Gasteiger partial charge >= 0.3 is 0 Å². The molecule has 0 atom stereocenters. The number of aromatic nitrogens is 1. The molecule has 88 valence electrons. The minimum Gasteiger partial charge on any atom is -0.397 e. The summed E-state index contributed by atoms with van der Waals surface area (Å²) in [6, 6.07) is 9.92. The minimum absolute atomic E-state index is 0.696. The average Bonchev–Trinajstić information content (AvgIpc) is 2.30. The smallest absolute Gasteiger partial charge is 0.0623 e. The Hall–Kier alpha value is -2.03.